The first-order chi connectivity index (χ1) is 17.2. The number of methoxy groups -OCH3 is 1. The fourth-order valence-corrected chi connectivity index (χ4v) is 8.57. The second-order valence-electron chi connectivity index (χ2n) is 11.5. The number of benzene rings is 1. The van der Waals surface area contributed by atoms with E-state index in [0.29, 0.717) is 24.5 Å². The Morgan fingerprint density at radius 3 is 2.28 bits per heavy atom. The highest BCUT2D eigenvalue weighted by molar-refractivity contribution is 6.24. The molecule has 36 heavy (non-hydrogen) atoms. The second kappa shape index (κ2) is 8.78. The number of aryl methyl sites for hydroxylation is 1. The van der Waals surface area contributed by atoms with Crippen LogP contribution in [0.4, 0.5) is 0 Å². The molecule has 4 aliphatic carbocycles. The van der Waals surface area contributed by atoms with Crippen molar-refractivity contribution < 1.29 is 39.3 Å². The first-order valence-electron chi connectivity index (χ1n) is 13.3. The number of ether oxygens (including phenoxy) is 3. The molecule has 0 amide bonds. The molecule has 1 aromatic carbocycles. The van der Waals surface area contributed by atoms with Crippen molar-refractivity contribution in [3.63, 3.8) is 0 Å². The van der Waals surface area contributed by atoms with Gasteiger partial charge in [-0.2, -0.15) is 4.89 Å². The number of alkyl halides is 1. The molecule has 200 valence electrons. The van der Waals surface area contributed by atoms with Gasteiger partial charge in [0.25, 0.3) is 5.79 Å². The van der Waals surface area contributed by atoms with E-state index in [4.69, 9.17) is 35.6 Å². The third-order valence-corrected chi connectivity index (χ3v) is 10.0. The minimum Gasteiger partial charge on any atom is -0.462 e. The zero-order valence-corrected chi connectivity index (χ0v) is 21.8. The van der Waals surface area contributed by atoms with Gasteiger partial charge in [-0.25, -0.2) is 4.89 Å². The third-order valence-electron chi connectivity index (χ3n) is 9.57. The summed E-state index contributed by atoms with van der Waals surface area (Å²) in [6.07, 6.45) is 0.384. The minimum atomic E-state index is -1.40. The molecule has 1 spiro atoms. The van der Waals surface area contributed by atoms with Crippen LogP contribution in [0.3, 0.4) is 0 Å². The van der Waals surface area contributed by atoms with Gasteiger partial charge in [-0.3, -0.25) is 0 Å². The summed E-state index contributed by atoms with van der Waals surface area (Å²) in [5, 5.41) is 31.2. The molecule has 6 fully saturated rings. The van der Waals surface area contributed by atoms with Crippen LogP contribution in [0.25, 0.3) is 0 Å². The van der Waals surface area contributed by atoms with E-state index in [9.17, 15) is 15.3 Å². The van der Waals surface area contributed by atoms with Crippen molar-refractivity contribution in [2.75, 3.05) is 7.11 Å². The van der Waals surface area contributed by atoms with Gasteiger partial charge in [-0.1, -0.05) is 26.0 Å². The third kappa shape index (κ3) is 3.39. The molecule has 1 aromatic rings. The van der Waals surface area contributed by atoms with Crippen LogP contribution in [0.1, 0.15) is 63.5 Å². The topological polar surface area (TPSA) is 107 Å². The van der Waals surface area contributed by atoms with Gasteiger partial charge in [-0.05, 0) is 74.3 Å². The Morgan fingerprint density at radius 1 is 1.00 bits per heavy atom. The van der Waals surface area contributed by atoms with Gasteiger partial charge in [0.15, 0.2) is 5.60 Å². The molecule has 3 N–H and O–H groups in total. The summed E-state index contributed by atoms with van der Waals surface area (Å²) in [4.78, 5) is 11.8. The van der Waals surface area contributed by atoms with Crippen LogP contribution in [0.2, 0.25) is 0 Å². The number of rotatable bonds is 6. The van der Waals surface area contributed by atoms with Crippen LogP contribution < -0.4 is 4.74 Å². The van der Waals surface area contributed by atoms with Crippen molar-refractivity contribution in [2.24, 2.45) is 17.8 Å². The number of hydrogen-bond donors (Lipinski definition) is 3. The number of aliphatic hydroxyl groups excluding tert-OH is 3. The second-order valence-corrected chi connectivity index (χ2v) is 12.3. The van der Waals surface area contributed by atoms with E-state index in [1.54, 1.807) is 7.11 Å². The number of aliphatic hydroxyl groups is 3. The lowest BCUT2D eigenvalue weighted by Crippen LogP contribution is -2.78. The fraction of sp³-hybridized carbons (Fsp3) is 0.778. The number of hydrogen-bond acceptors (Lipinski definition) is 8. The normalized spacial score (nSPS) is 49.3. The van der Waals surface area contributed by atoms with E-state index >= 15 is 0 Å². The predicted octanol–water partition coefficient (Wildman–Crippen LogP) is 3.16. The van der Waals surface area contributed by atoms with E-state index in [1.165, 1.54) is 0 Å². The molecule has 8 nitrogen and oxygen atoms in total. The highest BCUT2D eigenvalue weighted by Gasteiger charge is 2.78. The Morgan fingerprint density at radius 2 is 1.72 bits per heavy atom. The van der Waals surface area contributed by atoms with Gasteiger partial charge in [0.1, 0.15) is 24.1 Å². The van der Waals surface area contributed by atoms with Gasteiger partial charge in [0.2, 0.25) is 6.29 Å². The van der Waals surface area contributed by atoms with Crippen LogP contribution in [-0.2, 0) is 31.5 Å². The molecule has 9 heteroatoms. The molecular weight excluding hydrogens is 488 g/mol. The number of halogens is 1. The highest BCUT2D eigenvalue weighted by Crippen LogP contribution is 2.71. The van der Waals surface area contributed by atoms with E-state index < -0.39 is 42.1 Å². The molecule has 7 rings (SSSR count). The minimum absolute atomic E-state index is 0.157. The van der Waals surface area contributed by atoms with Gasteiger partial charge < -0.3 is 29.5 Å². The average Bonchev–Trinajstić information content (AvgIpc) is 2.83. The molecule has 2 aliphatic heterocycles. The quantitative estimate of drug-likeness (QED) is 0.385. The molecule has 0 radical (unpaired) electrons. The predicted molar refractivity (Wildman–Crippen MR) is 129 cm³/mol. The maximum Gasteiger partial charge on any atom is 0.260 e. The van der Waals surface area contributed by atoms with Gasteiger partial charge in [-0.15, -0.1) is 11.6 Å². The maximum absolute atomic E-state index is 10.6. The van der Waals surface area contributed by atoms with Crippen LogP contribution in [0, 0.1) is 17.8 Å². The molecule has 8 unspecified atom stereocenters. The van der Waals surface area contributed by atoms with Crippen molar-refractivity contribution in [2.45, 2.75) is 106 Å². The van der Waals surface area contributed by atoms with E-state index in [0.717, 1.165) is 43.2 Å². The summed E-state index contributed by atoms with van der Waals surface area (Å²) >= 11 is 7.02. The highest BCUT2D eigenvalue weighted by atomic mass is 35.5. The van der Waals surface area contributed by atoms with Gasteiger partial charge in [0, 0.05) is 17.5 Å². The lowest BCUT2D eigenvalue weighted by molar-refractivity contribution is -0.645. The van der Waals surface area contributed by atoms with E-state index in [2.05, 4.69) is 0 Å². The first kappa shape index (κ1) is 25.3. The van der Waals surface area contributed by atoms with E-state index in [-0.39, 0.29) is 16.7 Å². The summed E-state index contributed by atoms with van der Waals surface area (Å²) in [6, 6.07) is 5.84. The monoisotopic (exact) mass is 524 g/mol. The van der Waals surface area contributed by atoms with Crippen molar-refractivity contribution in [1.82, 2.24) is 0 Å². The summed E-state index contributed by atoms with van der Waals surface area (Å²) in [5.41, 5.74) is 1.07. The molecule has 2 heterocycles. The fourth-order valence-electron chi connectivity index (χ4n) is 7.98. The zero-order valence-electron chi connectivity index (χ0n) is 21.1. The van der Waals surface area contributed by atoms with Crippen molar-refractivity contribution in [3.05, 3.63) is 29.3 Å². The largest absolute Gasteiger partial charge is 0.462 e. The van der Waals surface area contributed by atoms with Crippen LogP contribution in [0.5, 0.6) is 5.75 Å². The van der Waals surface area contributed by atoms with Crippen LogP contribution in [0.15, 0.2) is 18.2 Å². The van der Waals surface area contributed by atoms with Gasteiger partial charge in [0.05, 0.1) is 6.10 Å². The molecule has 0 aromatic heterocycles. The van der Waals surface area contributed by atoms with Gasteiger partial charge >= 0.3 is 0 Å². The lowest BCUT2D eigenvalue weighted by atomic mass is 9.46. The molecule has 4 saturated carbocycles. The smallest absolute Gasteiger partial charge is 0.260 e. The molecule has 4 bridgehead atoms. The summed E-state index contributed by atoms with van der Waals surface area (Å²) in [7, 11) is 1.65. The maximum atomic E-state index is 10.6. The lowest BCUT2D eigenvalue weighted by Gasteiger charge is -2.70. The summed E-state index contributed by atoms with van der Waals surface area (Å²) in [5.74, 6) is 0.494. The SMILES string of the molecule is CCc1ccc(C2(OC)OOC23C2CC4CC3CC(Cl)(C4)C2)cc1OC1OC(CC)C(O)C(O)C1O. The Bertz CT molecular complexity index is 982. The molecule has 6 aliphatic rings. The Labute approximate surface area is 216 Å². The molecule has 2 saturated heterocycles. The van der Waals surface area contributed by atoms with Crippen molar-refractivity contribution in [1.29, 1.82) is 0 Å². The molecule has 8 atom stereocenters. The van der Waals surface area contributed by atoms with Crippen molar-refractivity contribution >= 4 is 11.6 Å². The van der Waals surface area contributed by atoms with Crippen LogP contribution in [-0.4, -0.2) is 63.6 Å². The standard InChI is InChI=1S/C27H37ClO8/c1-4-15-6-7-16(10-20(15)34-24-23(31)22(30)21(29)19(5-2)33-24)27(32-3)26(35-36-27)17-8-14-9-18(26)13-25(28,11-14)12-17/h6-7,10,14,17-19,21-24,29-31H,4-5,8-9,11-13H2,1-3H3. The molecular formula is C27H37ClO8. The first-order valence-corrected chi connectivity index (χ1v) is 13.7. The Hall–Kier alpha value is -0.970. The van der Waals surface area contributed by atoms with Crippen LogP contribution >= 0.6 is 11.6 Å². The Kier molecular flexibility index (Phi) is 6.17. The average molecular weight is 525 g/mol. The zero-order chi connectivity index (χ0) is 25.5. The summed E-state index contributed by atoms with van der Waals surface area (Å²) < 4.78 is 18.2. The Balaban J connectivity index is 1.34. The van der Waals surface area contributed by atoms with E-state index in [1.807, 2.05) is 32.0 Å². The summed E-state index contributed by atoms with van der Waals surface area (Å²) in [6.45, 7) is 3.86. The van der Waals surface area contributed by atoms with Crippen molar-refractivity contribution in [3.8, 4) is 5.75 Å².